The van der Waals surface area contributed by atoms with Gasteiger partial charge in [0.05, 0.1) is 19.3 Å². The Bertz CT molecular complexity index is 692. The Morgan fingerprint density at radius 2 is 1.90 bits per heavy atom. The van der Waals surface area contributed by atoms with Crippen molar-refractivity contribution in [1.29, 1.82) is 0 Å². The molecule has 1 saturated carbocycles. The number of halogens is 1. The number of unbranched alkanes of at least 4 members (excludes halogenated alkanes) is 3. The van der Waals surface area contributed by atoms with Crippen LogP contribution in [-0.4, -0.2) is 37.6 Å². The number of rotatable bonds is 7. The maximum absolute atomic E-state index is 6.50. The van der Waals surface area contributed by atoms with Gasteiger partial charge in [-0.15, -0.1) is 11.6 Å². The second kappa shape index (κ2) is 8.89. The SMILES string of the molecule is C[C@]12CC=C3C4=C(CC[C@H]3[C@@H]1CC[C@@H]2OCCCCCCCl)CC1(CC4)OCCO1. The molecule has 0 bridgehead atoms. The van der Waals surface area contributed by atoms with Gasteiger partial charge in [0.1, 0.15) is 0 Å². The molecule has 4 heteroatoms. The predicted molar refractivity (Wildman–Crippen MR) is 121 cm³/mol. The summed E-state index contributed by atoms with van der Waals surface area (Å²) >= 11 is 5.79. The third-order valence-corrected chi connectivity index (χ3v) is 9.17. The fourth-order valence-electron chi connectivity index (χ4n) is 7.30. The van der Waals surface area contributed by atoms with Crippen LogP contribution in [0.1, 0.15) is 84.0 Å². The van der Waals surface area contributed by atoms with E-state index in [9.17, 15) is 0 Å². The first-order valence-corrected chi connectivity index (χ1v) is 13.1. The average Bonchev–Trinajstić information content (AvgIpc) is 3.34. The van der Waals surface area contributed by atoms with Crippen LogP contribution in [0.2, 0.25) is 0 Å². The molecule has 5 aliphatic rings. The van der Waals surface area contributed by atoms with E-state index in [0.29, 0.717) is 11.5 Å². The van der Waals surface area contributed by atoms with E-state index in [0.717, 1.165) is 63.2 Å². The van der Waals surface area contributed by atoms with Crippen LogP contribution < -0.4 is 0 Å². The van der Waals surface area contributed by atoms with Crippen LogP contribution in [0, 0.1) is 17.3 Å². The Kier molecular flexibility index (Phi) is 6.37. The van der Waals surface area contributed by atoms with Gasteiger partial charge >= 0.3 is 0 Å². The van der Waals surface area contributed by atoms with E-state index in [1.54, 1.807) is 16.7 Å². The lowest BCUT2D eigenvalue weighted by molar-refractivity contribution is -0.164. The standard InChI is InChI=1S/C26H39ClO3/c1-25-12-10-21-20-11-13-26(29-16-17-30-26)18-19(20)6-7-22(21)23(25)8-9-24(25)28-15-5-3-2-4-14-27/h10,22-24H,2-9,11-18H2,1H3/t22-,23+,24+,25+/m1/s1. The van der Waals surface area contributed by atoms with Gasteiger partial charge in [0.2, 0.25) is 0 Å². The van der Waals surface area contributed by atoms with Gasteiger partial charge in [-0.2, -0.15) is 0 Å². The smallest absolute Gasteiger partial charge is 0.172 e. The predicted octanol–water partition coefficient (Wildman–Crippen LogP) is 6.55. The zero-order chi connectivity index (χ0) is 20.6. The number of hydrogen-bond donors (Lipinski definition) is 0. The van der Waals surface area contributed by atoms with Crippen molar-refractivity contribution in [3.8, 4) is 0 Å². The molecule has 1 heterocycles. The molecule has 3 nitrogen and oxygen atoms in total. The van der Waals surface area contributed by atoms with Gasteiger partial charge in [0.25, 0.3) is 0 Å². The molecule has 4 aliphatic carbocycles. The van der Waals surface area contributed by atoms with Crippen molar-refractivity contribution in [2.45, 2.75) is 95.9 Å². The molecule has 168 valence electrons. The fraction of sp³-hybridized carbons (Fsp3) is 0.846. The van der Waals surface area contributed by atoms with Gasteiger partial charge in [-0.1, -0.05) is 31.4 Å². The highest BCUT2D eigenvalue weighted by molar-refractivity contribution is 6.17. The van der Waals surface area contributed by atoms with Crippen LogP contribution in [0.5, 0.6) is 0 Å². The number of alkyl halides is 1. The molecule has 0 aromatic rings. The monoisotopic (exact) mass is 434 g/mol. The van der Waals surface area contributed by atoms with Gasteiger partial charge in [0, 0.05) is 30.7 Å². The molecule has 5 rings (SSSR count). The van der Waals surface area contributed by atoms with Crippen LogP contribution in [0.25, 0.3) is 0 Å². The highest BCUT2D eigenvalue weighted by atomic mass is 35.5. The Hall–Kier alpha value is -0.350. The molecule has 1 spiro atoms. The third-order valence-electron chi connectivity index (χ3n) is 8.90. The van der Waals surface area contributed by atoms with E-state index in [-0.39, 0.29) is 5.79 Å². The Labute approximate surface area is 187 Å². The molecule has 4 atom stereocenters. The summed E-state index contributed by atoms with van der Waals surface area (Å²) in [6, 6.07) is 0. The van der Waals surface area contributed by atoms with E-state index < -0.39 is 0 Å². The molecular formula is C26H39ClO3. The molecule has 30 heavy (non-hydrogen) atoms. The summed E-state index contributed by atoms with van der Waals surface area (Å²) in [7, 11) is 0. The van der Waals surface area contributed by atoms with Crippen molar-refractivity contribution < 1.29 is 14.2 Å². The van der Waals surface area contributed by atoms with Gasteiger partial charge in [-0.3, -0.25) is 0 Å². The topological polar surface area (TPSA) is 27.7 Å². The second-order valence-corrected chi connectivity index (χ2v) is 10.9. The van der Waals surface area contributed by atoms with Crippen molar-refractivity contribution in [3.63, 3.8) is 0 Å². The van der Waals surface area contributed by atoms with E-state index in [1.807, 2.05) is 0 Å². The van der Waals surface area contributed by atoms with Crippen LogP contribution in [0.4, 0.5) is 0 Å². The molecular weight excluding hydrogens is 396 g/mol. The molecule has 0 aromatic heterocycles. The van der Waals surface area contributed by atoms with Crippen LogP contribution in [0.3, 0.4) is 0 Å². The lowest BCUT2D eigenvalue weighted by Gasteiger charge is -2.48. The van der Waals surface area contributed by atoms with Gasteiger partial charge in [-0.25, -0.2) is 0 Å². The Balaban J connectivity index is 1.25. The van der Waals surface area contributed by atoms with Crippen molar-refractivity contribution in [3.05, 3.63) is 22.8 Å². The first-order valence-electron chi connectivity index (χ1n) is 12.5. The molecule has 0 radical (unpaired) electrons. The zero-order valence-electron chi connectivity index (χ0n) is 18.7. The second-order valence-electron chi connectivity index (χ2n) is 10.5. The van der Waals surface area contributed by atoms with Crippen molar-refractivity contribution in [2.75, 3.05) is 25.7 Å². The highest BCUT2D eigenvalue weighted by Gasteiger charge is 2.54. The number of ether oxygens (including phenoxy) is 3. The van der Waals surface area contributed by atoms with Crippen molar-refractivity contribution in [1.82, 2.24) is 0 Å². The molecule has 1 saturated heterocycles. The molecule has 2 fully saturated rings. The summed E-state index contributed by atoms with van der Waals surface area (Å²) in [5.41, 5.74) is 5.35. The number of hydrogen-bond acceptors (Lipinski definition) is 3. The maximum atomic E-state index is 6.50. The minimum absolute atomic E-state index is 0.286. The van der Waals surface area contributed by atoms with Crippen LogP contribution >= 0.6 is 11.6 Å². The van der Waals surface area contributed by atoms with Gasteiger partial charge in [-0.05, 0) is 74.3 Å². The number of allylic oxidation sites excluding steroid dienone is 3. The molecule has 0 unspecified atom stereocenters. The first kappa shape index (κ1) is 21.5. The quantitative estimate of drug-likeness (QED) is 0.336. The summed E-state index contributed by atoms with van der Waals surface area (Å²) in [5.74, 6) is 2.05. The molecule has 0 aromatic carbocycles. The van der Waals surface area contributed by atoms with Crippen LogP contribution in [-0.2, 0) is 14.2 Å². The zero-order valence-corrected chi connectivity index (χ0v) is 19.5. The molecule has 0 amide bonds. The van der Waals surface area contributed by atoms with E-state index >= 15 is 0 Å². The van der Waals surface area contributed by atoms with E-state index in [1.165, 1.54) is 51.4 Å². The van der Waals surface area contributed by atoms with Gasteiger partial charge < -0.3 is 14.2 Å². The summed E-state index contributed by atoms with van der Waals surface area (Å²) in [6.45, 7) is 4.98. The lowest BCUT2D eigenvalue weighted by Crippen LogP contribution is -2.43. The van der Waals surface area contributed by atoms with E-state index in [4.69, 9.17) is 25.8 Å². The Morgan fingerprint density at radius 3 is 2.73 bits per heavy atom. The third kappa shape index (κ3) is 3.83. The van der Waals surface area contributed by atoms with Gasteiger partial charge in [0.15, 0.2) is 5.79 Å². The minimum atomic E-state index is -0.286. The summed E-state index contributed by atoms with van der Waals surface area (Å²) in [5, 5.41) is 0. The Morgan fingerprint density at radius 1 is 1.07 bits per heavy atom. The summed E-state index contributed by atoms with van der Waals surface area (Å²) in [6.07, 6.45) is 17.4. The normalized spacial score (nSPS) is 37.1. The lowest BCUT2D eigenvalue weighted by atomic mass is 9.58. The summed E-state index contributed by atoms with van der Waals surface area (Å²) < 4.78 is 18.6. The largest absolute Gasteiger partial charge is 0.378 e. The minimum Gasteiger partial charge on any atom is -0.378 e. The molecule has 1 aliphatic heterocycles. The fourth-order valence-corrected chi connectivity index (χ4v) is 7.49. The highest BCUT2D eigenvalue weighted by Crippen LogP contribution is 2.60. The first-order chi connectivity index (χ1) is 14.7. The summed E-state index contributed by atoms with van der Waals surface area (Å²) in [4.78, 5) is 0. The number of fused-ring (bicyclic) bond motifs is 4. The van der Waals surface area contributed by atoms with Crippen LogP contribution in [0.15, 0.2) is 22.8 Å². The van der Waals surface area contributed by atoms with Crippen molar-refractivity contribution in [2.24, 2.45) is 17.3 Å². The van der Waals surface area contributed by atoms with Crippen molar-refractivity contribution >= 4 is 11.6 Å². The molecule has 0 N–H and O–H groups in total. The average molecular weight is 435 g/mol. The van der Waals surface area contributed by atoms with E-state index in [2.05, 4.69) is 13.0 Å². The maximum Gasteiger partial charge on any atom is 0.172 e.